The average Bonchev–Trinajstić information content (AvgIpc) is 2.57. The van der Waals surface area contributed by atoms with E-state index in [1.54, 1.807) is 0 Å². The molecule has 132 valence electrons. The summed E-state index contributed by atoms with van der Waals surface area (Å²) in [6, 6.07) is 13.4. The summed E-state index contributed by atoms with van der Waals surface area (Å²) in [7, 11) is 1.85. The SMILES string of the molecule is Cc1ccccc1CN(C)CC(=O)NCC(=O)Nc1ccc(F)cc1. The van der Waals surface area contributed by atoms with E-state index in [0.29, 0.717) is 12.2 Å². The molecule has 0 aromatic heterocycles. The molecule has 0 fully saturated rings. The summed E-state index contributed by atoms with van der Waals surface area (Å²) in [6.45, 7) is 2.75. The van der Waals surface area contributed by atoms with Crippen LogP contribution in [-0.4, -0.2) is 36.9 Å². The van der Waals surface area contributed by atoms with Crippen LogP contribution in [0.3, 0.4) is 0 Å². The van der Waals surface area contributed by atoms with Crippen LogP contribution in [0.4, 0.5) is 10.1 Å². The number of amides is 2. The predicted molar refractivity (Wildman–Crippen MR) is 95.6 cm³/mol. The number of likely N-dealkylation sites (N-methyl/N-ethyl adjacent to an activating group) is 1. The zero-order valence-corrected chi connectivity index (χ0v) is 14.4. The van der Waals surface area contributed by atoms with Crippen LogP contribution in [-0.2, 0) is 16.1 Å². The molecule has 2 rings (SSSR count). The van der Waals surface area contributed by atoms with E-state index in [1.165, 1.54) is 29.8 Å². The number of carbonyl (C=O) groups excluding carboxylic acids is 2. The first-order valence-electron chi connectivity index (χ1n) is 7.99. The second kappa shape index (κ2) is 8.94. The van der Waals surface area contributed by atoms with Gasteiger partial charge in [-0.2, -0.15) is 0 Å². The molecule has 6 heteroatoms. The third kappa shape index (κ3) is 6.35. The molecule has 0 radical (unpaired) electrons. The fourth-order valence-electron chi connectivity index (χ4n) is 2.35. The number of hydrogen-bond donors (Lipinski definition) is 2. The summed E-state index contributed by atoms with van der Waals surface area (Å²) in [4.78, 5) is 25.6. The summed E-state index contributed by atoms with van der Waals surface area (Å²) < 4.78 is 12.8. The van der Waals surface area contributed by atoms with Crippen molar-refractivity contribution in [2.45, 2.75) is 13.5 Å². The number of rotatable bonds is 7. The molecule has 5 nitrogen and oxygen atoms in total. The van der Waals surface area contributed by atoms with Crippen LogP contribution < -0.4 is 10.6 Å². The van der Waals surface area contributed by atoms with Gasteiger partial charge in [0.2, 0.25) is 11.8 Å². The van der Waals surface area contributed by atoms with Crippen molar-refractivity contribution in [1.82, 2.24) is 10.2 Å². The van der Waals surface area contributed by atoms with Gasteiger partial charge in [-0.3, -0.25) is 14.5 Å². The van der Waals surface area contributed by atoms with Crippen LogP contribution in [0.2, 0.25) is 0 Å². The highest BCUT2D eigenvalue weighted by molar-refractivity contribution is 5.94. The van der Waals surface area contributed by atoms with E-state index in [0.717, 1.165) is 5.56 Å². The van der Waals surface area contributed by atoms with Gasteiger partial charge < -0.3 is 10.6 Å². The third-order valence-electron chi connectivity index (χ3n) is 3.69. The van der Waals surface area contributed by atoms with Gasteiger partial charge in [-0.15, -0.1) is 0 Å². The molecule has 2 amide bonds. The van der Waals surface area contributed by atoms with Gasteiger partial charge in [0.25, 0.3) is 0 Å². The van der Waals surface area contributed by atoms with Crippen LogP contribution in [0.1, 0.15) is 11.1 Å². The molecule has 0 heterocycles. The second-order valence-corrected chi connectivity index (χ2v) is 5.93. The van der Waals surface area contributed by atoms with E-state index in [-0.39, 0.29) is 30.7 Å². The lowest BCUT2D eigenvalue weighted by molar-refractivity contribution is -0.124. The van der Waals surface area contributed by atoms with Gasteiger partial charge in [-0.25, -0.2) is 4.39 Å². The Bertz CT molecular complexity index is 732. The van der Waals surface area contributed by atoms with Gasteiger partial charge in [0.15, 0.2) is 0 Å². The normalized spacial score (nSPS) is 10.6. The van der Waals surface area contributed by atoms with Crippen molar-refractivity contribution < 1.29 is 14.0 Å². The molecule has 0 aliphatic heterocycles. The molecule has 0 saturated carbocycles. The number of halogens is 1. The Hall–Kier alpha value is -2.73. The van der Waals surface area contributed by atoms with Gasteiger partial charge in [0.05, 0.1) is 13.1 Å². The summed E-state index contributed by atoms with van der Waals surface area (Å²) in [5, 5.41) is 5.17. The Morgan fingerprint density at radius 1 is 1.04 bits per heavy atom. The lowest BCUT2D eigenvalue weighted by Crippen LogP contribution is -2.39. The largest absolute Gasteiger partial charge is 0.346 e. The van der Waals surface area contributed by atoms with Crippen molar-refractivity contribution >= 4 is 17.5 Å². The minimum Gasteiger partial charge on any atom is -0.346 e. The van der Waals surface area contributed by atoms with Gasteiger partial charge in [-0.05, 0) is 49.4 Å². The first-order valence-corrected chi connectivity index (χ1v) is 7.99. The first-order chi connectivity index (χ1) is 11.9. The smallest absolute Gasteiger partial charge is 0.243 e. The summed E-state index contributed by atoms with van der Waals surface area (Å²) in [6.07, 6.45) is 0. The van der Waals surface area contributed by atoms with E-state index in [4.69, 9.17) is 0 Å². The number of anilines is 1. The maximum atomic E-state index is 12.8. The van der Waals surface area contributed by atoms with Crippen LogP contribution in [0.25, 0.3) is 0 Å². The molecular formula is C19H22FN3O2. The number of hydrogen-bond acceptors (Lipinski definition) is 3. The minimum absolute atomic E-state index is 0.131. The van der Waals surface area contributed by atoms with Crippen LogP contribution in [0.15, 0.2) is 48.5 Å². The van der Waals surface area contributed by atoms with E-state index < -0.39 is 0 Å². The topological polar surface area (TPSA) is 61.4 Å². The predicted octanol–water partition coefficient (Wildman–Crippen LogP) is 2.32. The molecule has 2 N–H and O–H groups in total. The average molecular weight is 343 g/mol. The number of aryl methyl sites for hydroxylation is 1. The Kier molecular flexibility index (Phi) is 6.65. The fourth-order valence-corrected chi connectivity index (χ4v) is 2.35. The number of nitrogens with zero attached hydrogens (tertiary/aromatic N) is 1. The lowest BCUT2D eigenvalue weighted by Gasteiger charge is -2.17. The van der Waals surface area contributed by atoms with E-state index in [2.05, 4.69) is 10.6 Å². The summed E-state index contributed by atoms with van der Waals surface area (Å²) >= 11 is 0. The Labute approximate surface area is 146 Å². The third-order valence-corrected chi connectivity index (χ3v) is 3.69. The van der Waals surface area contributed by atoms with Gasteiger partial charge in [-0.1, -0.05) is 24.3 Å². The van der Waals surface area contributed by atoms with Crippen LogP contribution in [0.5, 0.6) is 0 Å². The molecular weight excluding hydrogens is 321 g/mol. The Morgan fingerprint density at radius 3 is 2.40 bits per heavy atom. The van der Waals surface area contributed by atoms with Crippen molar-refractivity contribution in [1.29, 1.82) is 0 Å². The lowest BCUT2D eigenvalue weighted by atomic mass is 10.1. The van der Waals surface area contributed by atoms with Gasteiger partial charge in [0, 0.05) is 12.2 Å². The first kappa shape index (κ1) is 18.6. The van der Waals surface area contributed by atoms with Crippen molar-refractivity contribution in [3.05, 3.63) is 65.5 Å². The maximum Gasteiger partial charge on any atom is 0.243 e. The number of nitrogens with one attached hydrogen (secondary N) is 2. The highest BCUT2D eigenvalue weighted by atomic mass is 19.1. The number of carbonyl (C=O) groups is 2. The van der Waals surface area contributed by atoms with Crippen molar-refractivity contribution in [3.8, 4) is 0 Å². The molecule has 0 aliphatic rings. The molecule has 0 atom stereocenters. The zero-order chi connectivity index (χ0) is 18.2. The molecule has 0 bridgehead atoms. The van der Waals surface area contributed by atoms with E-state index in [1.807, 2.05) is 43.1 Å². The van der Waals surface area contributed by atoms with Crippen LogP contribution in [0, 0.1) is 12.7 Å². The Balaban J connectivity index is 1.73. The molecule has 2 aromatic rings. The molecule has 0 unspecified atom stereocenters. The maximum absolute atomic E-state index is 12.8. The molecule has 0 aliphatic carbocycles. The highest BCUT2D eigenvalue weighted by Crippen LogP contribution is 2.09. The van der Waals surface area contributed by atoms with Crippen molar-refractivity contribution in [2.24, 2.45) is 0 Å². The fraction of sp³-hybridized carbons (Fsp3) is 0.263. The molecule has 0 saturated heterocycles. The quantitative estimate of drug-likeness (QED) is 0.811. The van der Waals surface area contributed by atoms with Crippen LogP contribution >= 0.6 is 0 Å². The van der Waals surface area contributed by atoms with Gasteiger partial charge in [0.1, 0.15) is 5.82 Å². The van der Waals surface area contributed by atoms with E-state index >= 15 is 0 Å². The highest BCUT2D eigenvalue weighted by Gasteiger charge is 2.10. The monoisotopic (exact) mass is 343 g/mol. The molecule has 25 heavy (non-hydrogen) atoms. The minimum atomic E-state index is -0.372. The molecule has 2 aromatic carbocycles. The Morgan fingerprint density at radius 2 is 1.72 bits per heavy atom. The van der Waals surface area contributed by atoms with Crippen molar-refractivity contribution in [3.63, 3.8) is 0 Å². The summed E-state index contributed by atoms with van der Waals surface area (Å²) in [5.74, 6) is -0.963. The number of benzene rings is 2. The zero-order valence-electron chi connectivity index (χ0n) is 14.4. The van der Waals surface area contributed by atoms with E-state index in [9.17, 15) is 14.0 Å². The standard InChI is InChI=1S/C19H22FN3O2/c1-14-5-3-4-6-15(14)12-23(2)13-19(25)21-11-18(24)22-17-9-7-16(20)8-10-17/h3-10H,11-13H2,1-2H3,(H,21,25)(H,22,24). The van der Waals surface area contributed by atoms with Gasteiger partial charge >= 0.3 is 0 Å². The summed E-state index contributed by atoms with van der Waals surface area (Å²) in [5.41, 5.74) is 2.82. The second-order valence-electron chi connectivity index (χ2n) is 5.93. The molecule has 0 spiro atoms. The van der Waals surface area contributed by atoms with Crippen molar-refractivity contribution in [2.75, 3.05) is 25.5 Å².